The number of aromatic nitrogens is 1. The van der Waals surface area contributed by atoms with Gasteiger partial charge in [-0.25, -0.2) is 8.78 Å². The van der Waals surface area contributed by atoms with Crippen LogP contribution in [-0.4, -0.2) is 93.7 Å². The molecule has 1 aromatic rings. The van der Waals surface area contributed by atoms with Crippen molar-refractivity contribution in [3.8, 4) is 0 Å². The molecule has 3 saturated carbocycles. The van der Waals surface area contributed by atoms with Crippen molar-refractivity contribution in [3.63, 3.8) is 0 Å². The maximum Gasteiger partial charge on any atom is 0.289 e. The number of hydrogen-bond donors (Lipinski definition) is 5. The maximum atomic E-state index is 14.9. The van der Waals surface area contributed by atoms with Gasteiger partial charge in [0.2, 0.25) is 29.9 Å². The minimum absolute atomic E-state index is 0.0651. The molecule has 3 aliphatic carbocycles. The minimum atomic E-state index is -2.98. The van der Waals surface area contributed by atoms with Crippen LogP contribution in [0.15, 0.2) is 0 Å². The second-order valence-corrected chi connectivity index (χ2v) is 17.2. The Kier molecular flexibility index (Phi) is 13.2. The number of nitrogens with one attached hydrogen (secondary N) is 5. The first-order valence-corrected chi connectivity index (χ1v) is 20.0. The third-order valence-electron chi connectivity index (χ3n) is 12.0. The number of aryl methyl sites for hydroxylation is 1. The topological polar surface area (TPSA) is 187 Å². The predicted molar refractivity (Wildman–Crippen MR) is 199 cm³/mol. The lowest BCUT2D eigenvalue weighted by Gasteiger charge is -2.40. The molecule has 0 bridgehead atoms. The lowest BCUT2D eigenvalue weighted by molar-refractivity contribution is -0.147. The van der Waals surface area contributed by atoms with Crippen molar-refractivity contribution in [2.75, 3.05) is 0 Å². The summed E-state index contributed by atoms with van der Waals surface area (Å²) in [6.07, 6.45) is 4.64. The standard InChI is InChI=1S/C40H58F2N6O7/c1-20-21(2)43-32(30(20)22(3)49)37(53)46-31(23-12-8-7-9-13-23)36(52)47-34(40(4,5)6)39(55)48-27-15-11-10-14-24(27)18-28(48)35(51)45-26(19-29(41)42)33(50)38(54)44-25-16-17-25/h23-29,31,34,43H,7-19H2,1-6H3,(H,44,54)(H,45,51)(H,46,53)(H,47,52)/t24-,26-,27-,28-,31-,34+/m0/s1. The molecule has 4 fully saturated rings. The molecule has 13 nitrogen and oxygen atoms in total. The van der Waals surface area contributed by atoms with Crippen LogP contribution in [0.5, 0.6) is 0 Å². The van der Waals surface area contributed by atoms with Gasteiger partial charge in [0.05, 0.1) is 5.56 Å². The van der Waals surface area contributed by atoms with Crippen molar-refractivity contribution < 1.29 is 42.3 Å². The molecule has 15 heteroatoms. The van der Waals surface area contributed by atoms with E-state index in [1.165, 1.54) is 11.8 Å². The van der Waals surface area contributed by atoms with E-state index in [-0.39, 0.29) is 47.4 Å². The van der Waals surface area contributed by atoms with E-state index in [4.69, 9.17) is 0 Å². The zero-order chi connectivity index (χ0) is 40.4. The summed E-state index contributed by atoms with van der Waals surface area (Å²) in [6.45, 7) is 10.2. The predicted octanol–water partition coefficient (Wildman–Crippen LogP) is 4.19. The first-order valence-electron chi connectivity index (χ1n) is 20.0. The molecule has 2 heterocycles. The highest BCUT2D eigenvalue weighted by Crippen LogP contribution is 2.41. The fraction of sp³-hybridized carbons (Fsp3) is 0.725. The monoisotopic (exact) mass is 772 g/mol. The highest BCUT2D eigenvalue weighted by Gasteiger charge is 2.51. The summed E-state index contributed by atoms with van der Waals surface area (Å²) in [4.78, 5) is 99.8. The average molecular weight is 773 g/mol. The van der Waals surface area contributed by atoms with Crippen LogP contribution in [0.25, 0.3) is 0 Å². The fourth-order valence-electron chi connectivity index (χ4n) is 8.77. The van der Waals surface area contributed by atoms with Gasteiger partial charge in [0.1, 0.15) is 29.9 Å². The van der Waals surface area contributed by atoms with Crippen LogP contribution >= 0.6 is 0 Å². The molecule has 55 heavy (non-hydrogen) atoms. The van der Waals surface area contributed by atoms with E-state index >= 15 is 0 Å². The zero-order valence-electron chi connectivity index (χ0n) is 32.9. The Morgan fingerprint density at radius 2 is 1.49 bits per heavy atom. The molecule has 0 aromatic carbocycles. The molecule has 5 amide bonds. The van der Waals surface area contributed by atoms with E-state index in [1.54, 1.807) is 34.6 Å². The molecular formula is C40H58F2N6O7. The third-order valence-corrected chi connectivity index (χ3v) is 12.0. The van der Waals surface area contributed by atoms with Crippen molar-refractivity contribution in [3.05, 3.63) is 22.5 Å². The van der Waals surface area contributed by atoms with Crippen molar-refractivity contribution >= 4 is 41.1 Å². The van der Waals surface area contributed by atoms with Crippen molar-refractivity contribution in [2.24, 2.45) is 17.3 Å². The number of ketones is 2. The van der Waals surface area contributed by atoms with Gasteiger partial charge in [0.15, 0.2) is 5.78 Å². The van der Waals surface area contributed by atoms with Gasteiger partial charge in [-0.1, -0.05) is 52.9 Å². The van der Waals surface area contributed by atoms with Crippen LogP contribution < -0.4 is 21.3 Å². The van der Waals surface area contributed by atoms with E-state index in [2.05, 4.69) is 26.3 Å². The number of carbonyl (C=O) groups excluding carboxylic acids is 7. The molecule has 0 unspecified atom stereocenters. The van der Waals surface area contributed by atoms with E-state index in [9.17, 15) is 42.3 Å². The Balaban J connectivity index is 1.41. The van der Waals surface area contributed by atoms with Gasteiger partial charge >= 0.3 is 0 Å². The summed E-state index contributed by atoms with van der Waals surface area (Å²) in [6, 6.07) is -5.65. The summed E-state index contributed by atoms with van der Waals surface area (Å²) in [7, 11) is 0. The van der Waals surface area contributed by atoms with E-state index < -0.39 is 77.7 Å². The number of aromatic amines is 1. The first kappa shape index (κ1) is 42.0. The average Bonchev–Trinajstić information content (AvgIpc) is 3.77. The molecular weight excluding hydrogens is 714 g/mol. The van der Waals surface area contributed by atoms with E-state index in [0.717, 1.165) is 38.5 Å². The summed E-state index contributed by atoms with van der Waals surface area (Å²) in [5.41, 5.74) is 0.742. The van der Waals surface area contributed by atoms with E-state index in [1.807, 2.05) is 0 Å². The number of amides is 5. The third kappa shape index (κ3) is 9.80. The van der Waals surface area contributed by atoms with Crippen LogP contribution in [0.3, 0.4) is 0 Å². The van der Waals surface area contributed by atoms with Crippen molar-refractivity contribution in [1.29, 1.82) is 0 Å². The summed E-state index contributed by atoms with van der Waals surface area (Å²) < 4.78 is 27.4. The lowest BCUT2D eigenvalue weighted by atomic mass is 9.81. The van der Waals surface area contributed by atoms with E-state index in [0.29, 0.717) is 43.4 Å². The Labute approximate surface area is 321 Å². The second kappa shape index (κ2) is 17.3. The molecule has 5 rings (SSSR count). The Morgan fingerprint density at radius 1 is 0.855 bits per heavy atom. The summed E-state index contributed by atoms with van der Waals surface area (Å²) in [5.74, 6) is -5.29. The number of hydrogen-bond acceptors (Lipinski definition) is 7. The van der Waals surface area contributed by atoms with Gasteiger partial charge in [0, 0.05) is 24.2 Å². The molecule has 0 spiro atoms. The summed E-state index contributed by atoms with van der Waals surface area (Å²) in [5, 5.41) is 10.8. The minimum Gasteiger partial charge on any atom is -0.354 e. The Morgan fingerprint density at radius 3 is 2.09 bits per heavy atom. The Bertz CT molecular complexity index is 1660. The van der Waals surface area contributed by atoms with Crippen molar-refractivity contribution in [2.45, 2.75) is 168 Å². The number of likely N-dealkylation sites (tertiary alicyclic amines) is 1. The van der Waals surface area contributed by atoms with Crippen LogP contribution in [0, 0.1) is 31.1 Å². The first-order chi connectivity index (χ1) is 25.9. The van der Waals surface area contributed by atoms with Gasteiger partial charge in [-0.3, -0.25) is 33.6 Å². The number of alkyl halides is 2. The van der Waals surface area contributed by atoms with Crippen LogP contribution in [0.1, 0.15) is 143 Å². The molecule has 1 aromatic heterocycles. The smallest absolute Gasteiger partial charge is 0.289 e. The number of nitrogens with zero attached hydrogens (tertiary/aromatic N) is 1. The summed E-state index contributed by atoms with van der Waals surface area (Å²) >= 11 is 0. The number of carbonyl (C=O) groups is 7. The number of H-pyrrole nitrogens is 1. The van der Waals surface area contributed by atoms with Crippen molar-refractivity contribution in [1.82, 2.24) is 31.2 Å². The van der Waals surface area contributed by atoms with Gasteiger partial charge in [-0.2, -0.15) is 0 Å². The van der Waals surface area contributed by atoms with Crippen LogP contribution in [0.4, 0.5) is 8.78 Å². The quantitative estimate of drug-likeness (QED) is 0.139. The van der Waals surface area contributed by atoms with Gasteiger partial charge in [-0.05, 0) is 88.5 Å². The number of halogens is 2. The van der Waals surface area contributed by atoms with Gasteiger partial charge in [0.25, 0.3) is 11.8 Å². The SMILES string of the molecule is CC(=O)c1c(C(=O)N[C@H](C(=O)N[C@H](C(=O)N2[C@H](C(=O)N[C@@H](CC(F)F)C(=O)C(=O)NC3CC3)C[C@@H]3CCCC[C@@H]32)C(C)(C)C)C2CCCCC2)[nH]c(C)c1C. The molecule has 1 saturated heterocycles. The number of Topliss-reactive ketones (excluding diaryl/α,β-unsaturated/α-hetero) is 2. The van der Waals surface area contributed by atoms with Crippen LogP contribution in [-0.2, 0) is 24.0 Å². The fourth-order valence-corrected chi connectivity index (χ4v) is 8.77. The lowest BCUT2D eigenvalue weighted by Crippen LogP contribution is -2.63. The zero-order valence-corrected chi connectivity index (χ0v) is 32.9. The number of fused-ring (bicyclic) bond motifs is 1. The Hall–Kier alpha value is -4.17. The van der Waals surface area contributed by atoms with Gasteiger partial charge in [-0.15, -0.1) is 0 Å². The molecule has 0 radical (unpaired) electrons. The molecule has 4 aliphatic rings. The van der Waals surface area contributed by atoms with Gasteiger partial charge < -0.3 is 31.2 Å². The molecule has 6 atom stereocenters. The highest BCUT2D eigenvalue weighted by molar-refractivity contribution is 6.38. The second-order valence-electron chi connectivity index (χ2n) is 17.2. The molecule has 304 valence electrons. The molecule has 5 N–H and O–H groups in total. The number of rotatable bonds is 14. The largest absolute Gasteiger partial charge is 0.354 e. The molecule has 1 aliphatic heterocycles. The highest BCUT2D eigenvalue weighted by atomic mass is 19.3. The normalized spacial score (nSPS) is 23.3. The van der Waals surface area contributed by atoms with Crippen LogP contribution in [0.2, 0.25) is 0 Å². The maximum absolute atomic E-state index is 14.9.